The molecule has 0 bridgehead atoms. The highest BCUT2D eigenvalue weighted by Gasteiger charge is 2.25. The normalized spacial score (nSPS) is 17.5. The molecule has 0 aliphatic heterocycles. The van der Waals surface area contributed by atoms with Gasteiger partial charge < -0.3 is 9.90 Å². The molecule has 1 aliphatic carbocycles. The fourth-order valence-electron chi connectivity index (χ4n) is 3.82. The van der Waals surface area contributed by atoms with Crippen LogP contribution >= 0.6 is 0 Å². The van der Waals surface area contributed by atoms with Crippen LogP contribution < -0.4 is 5.11 Å². The van der Waals surface area contributed by atoms with Crippen molar-refractivity contribution in [3.8, 4) is 6.07 Å². The number of nitriles is 1. The van der Waals surface area contributed by atoms with Gasteiger partial charge in [-0.2, -0.15) is 5.26 Å². The van der Waals surface area contributed by atoms with E-state index in [4.69, 9.17) is 10.2 Å². The van der Waals surface area contributed by atoms with E-state index in [-0.39, 0.29) is 5.56 Å². The Labute approximate surface area is 157 Å². The Hall–Kier alpha value is -3.45. The lowest BCUT2D eigenvalue weighted by molar-refractivity contribution is -0.254. The lowest BCUT2D eigenvalue weighted by Crippen LogP contribution is -2.27. The Morgan fingerprint density at radius 1 is 1.19 bits per heavy atom. The first-order valence-corrected chi connectivity index (χ1v) is 8.91. The molecule has 3 aromatic rings. The van der Waals surface area contributed by atoms with Gasteiger partial charge in [-0.05, 0) is 59.7 Å². The zero-order valence-corrected chi connectivity index (χ0v) is 14.9. The average Bonchev–Trinajstić information content (AvgIpc) is 2.66. The predicted molar refractivity (Wildman–Crippen MR) is 103 cm³/mol. The minimum absolute atomic E-state index is 0.257. The van der Waals surface area contributed by atoms with Gasteiger partial charge in [-0.1, -0.05) is 37.3 Å². The summed E-state index contributed by atoms with van der Waals surface area (Å²) in [6.07, 6.45) is 3.53. The second-order valence-corrected chi connectivity index (χ2v) is 7.04. The molecule has 0 N–H and O–H groups in total. The maximum atomic E-state index is 11.9. The van der Waals surface area contributed by atoms with Crippen LogP contribution in [0.3, 0.4) is 0 Å². The highest BCUT2D eigenvalue weighted by Crippen LogP contribution is 2.38. The first-order valence-electron chi connectivity index (χ1n) is 8.91. The molecule has 0 unspecified atom stereocenters. The zero-order valence-electron chi connectivity index (χ0n) is 14.9. The van der Waals surface area contributed by atoms with E-state index in [1.54, 1.807) is 18.2 Å². The number of nitrogens with zero attached hydrogens (tertiary/aromatic N) is 2. The molecule has 0 saturated carbocycles. The van der Waals surface area contributed by atoms with Crippen LogP contribution in [0.5, 0.6) is 0 Å². The number of rotatable bonds is 2. The number of allylic oxidation sites excluding steroid dienone is 1. The van der Waals surface area contributed by atoms with Gasteiger partial charge in [-0.3, -0.25) is 0 Å². The van der Waals surface area contributed by atoms with Crippen LogP contribution in [-0.4, -0.2) is 11.0 Å². The maximum absolute atomic E-state index is 11.9. The SMILES string of the molecule is C[C@H]1C/C(=C\c2ccc(C#N)cc2)c2nc3ccccc3c(C(=O)[O-])c2C1. The number of aromatic nitrogens is 1. The summed E-state index contributed by atoms with van der Waals surface area (Å²) in [5, 5.41) is 21.5. The van der Waals surface area contributed by atoms with Crippen LogP contribution in [0.25, 0.3) is 22.6 Å². The number of aromatic carboxylic acids is 1. The second kappa shape index (κ2) is 6.69. The Morgan fingerprint density at radius 3 is 2.63 bits per heavy atom. The Kier molecular flexibility index (Phi) is 4.21. The van der Waals surface area contributed by atoms with E-state index < -0.39 is 5.97 Å². The summed E-state index contributed by atoms with van der Waals surface area (Å²) in [7, 11) is 0. The molecule has 1 aromatic heterocycles. The molecule has 0 amide bonds. The standard InChI is InChI=1S/C23H18N2O2/c1-14-10-17(12-15-6-8-16(13-24)9-7-15)22-19(11-14)21(23(26)27)18-4-2-3-5-20(18)25-22/h2-9,12,14H,10-11H2,1H3,(H,26,27)/p-1/b17-12+/t14-/m0/s1. The number of carboxylic acid groups (broad SMARTS) is 1. The fraction of sp³-hybridized carbons (Fsp3) is 0.174. The molecule has 0 fully saturated rings. The molecule has 0 radical (unpaired) electrons. The molecule has 27 heavy (non-hydrogen) atoms. The summed E-state index contributed by atoms with van der Waals surface area (Å²) >= 11 is 0. The third-order valence-corrected chi connectivity index (χ3v) is 5.00. The summed E-state index contributed by atoms with van der Waals surface area (Å²) in [5.41, 5.74) is 5.01. The van der Waals surface area contributed by atoms with Crippen molar-refractivity contribution in [3.63, 3.8) is 0 Å². The number of carbonyl (C=O) groups excluding carboxylic acids is 1. The summed E-state index contributed by atoms with van der Waals surface area (Å²) in [6, 6.07) is 16.8. The van der Waals surface area contributed by atoms with Gasteiger partial charge >= 0.3 is 0 Å². The summed E-state index contributed by atoms with van der Waals surface area (Å²) < 4.78 is 0. The van der Waals surface area contributed by atoms with E-state index in [1.165, 1.54) is 0 Å². The summed E-state index contributed by atoms with van der Waals surface area (Å²) in [4.78, 5) is 16.7. The van der Waals surface area contributed by atoms with Crippen LogP contribution in [0.15, 0.2) is 48.5 Å². The third-order valence-electron chi connectivity index (χ3n) is 5.00. The van der Waals surface area contributed by atoms with Gasteiger partial charge in [-0.15, -0.1) is 0 Å². The lowest BCUT2D eigenvalue weighted by atomic mass is 9.80. The van der Waals surface area contributed by atoms with Crippen molar-refractivity contribution >= 4 is 28.5 Å². The molecule has 4 rings (SSSR count). The number of para-hydroxylation sites is 1. The van der Waals surface area contributed by atoms with Gasteiger partial charge in [0.15, 0.2) is 0 Å². The highest BCUT2D eigenvalue weighted by molar-refractivity contribution is 6.05. The number of carboxylic acids is 1. The van der Waals surface area contributed by atoms with Crippen LogP contribution in [0.2, 0.25) is 0 Å². The number of hydrogen-bond donors (Lipinski definition) is 0. The minimum Gasteiger partial charge on any atom is -0.545 e. The minimum atomic E-state index is -1.16. The number of fused-ring (bicyclic) bond motifs is 2. The van der Waals surface area contributed by atoms with E-state index in [0.717, 1.165) is 28.8 Å². The number of benzene rings is 2. The van der Waals surface area contributed by atoms with Gasteiger partial charge in [-0.25, -0.2) is 4.98 Å². The molecule has 132 valence electrons. The van der Waals surface area contributed by atoms with Gasteiger partial charge in [0.2, 0.25) is 0 Å². The van der Waals surface area contributed by atoms with E-state index >= 15 is 0 Å². The average molecular weight is 353 g/mol. The van der Waals surface area contributed by atoms with Crippen LogP contribution in [0.4, 0.5) is 0 Å². The Morgan fingerprint density at radius 2 is 1.93 bits per heavy atom. The number of pyridine rings is 1. The highest BCUT2D eigenvalue weighted by atomic mass is 16.4. The van der Waals surface area contributed by atoms with Crippen molar-refractivity contribution in [1.82, 2.24) is 4.98 Å². The summed E-state index contributed by atoms with van der Waals surface area (Å²) in [6.45, 7) is 2.11. The smallest absolute Gasteiger partial charge is 0.0991 e. The van der Waals surface area contributed by atoms with Gasteiger partial charge in [0.25, 0.3) is 0 Å². The van der Waals surface area contributed by atoms with Crippen molar-refractivity contribution in [1.29, 1.82) is 5.26 Å². The molecular weight excluding hydrogens is 336 g/mol. The maximum Gasteiger partial charge on any atom is 0.0991 e. The van der Waals surface area contributed by atoms with Gasteiger partial charge in [0.1, 0.15) is 0 Å². The monoisotopic (exact) mass is 353 g/mol. The van der Waals surface area contributed by atoms with Crippen molar-refractivity contribution in [2.45, 2.75) is 19.8 Å². The molecule has 4 nitrogen and oxygen atoms in total. The fourth-order valence-corrected chi connectivity index (χ4v) is 3.82. The molecule has 1 heterocycles. The summed E-state index contributed by atoms with van der Waals surface area (Å²) in [5.74, 6) is -0.847. The molecule has 2 aromatic carbocycles. The molecule has 4 heteroatoms. The van der Waals surface area contributed by atoms with Crippen molar-refractivity contribution < 1.29 is 9.90 Å². The van der Waals surface area contributed by atoms with Crippen molar-refractivity contribution in [2.24, 2.45) is 5.92 Å². The molecule has 1 aliphatic rings. The quantitative estimate of drug-likeness (QED) is 0.705. The number of hydrogen-bond acceptors (Lipinski definition) is 4. The van der Waals surface area contributed by atoms with Crippen LogP contribution in [-0.2, 0) is 6.42 Å². The second-order valence-electron chi connectivity index (χ2n) is 7.04. The number of carbonyl (C=O) groups is 1. The molecule has 1 atom stereocenters. The first-order chi connectivity index (χ1) is 13.1. The lowest BCUT2D eigenvalue weighted by Gasteiger charge is -2.27. The molecule has 0 saturated heterocycles. The molecule has 0 spiro atoms. The van der Waals surface area contributed by atoms with Gasteiger partial charge in [0, 0.05) is 10.9 Å². The Balaban J connectivity index is 1.94. The van der Waals surface area contributed by atoms with Crippen LogP contribution in [0.1, 0.15) is 46.1 Å². The van der Waals surface area contributed by atoms with E-state index in [9.17, 15) is 9.90 Å². The van der Waals surface area contributed by atoms with Gasteiger partial charge in [0.05, 0.1) is 28.8 Å². The van der Waals surface area contributed by atoms with E-state index in [2.05, 4.69) is 13.0 Å². The first kappa shape index (κ1) is 17.0. The van der Waals surface area contributed by atoms with Crippen molar-refractivity contribution in [2.75, 3.05) is 0 Å². The molecular formula is C23H17N2O2-. The topological polar surface area (TPSA) is 76.8 Å². The Bertz CT molecular complexity index is 1120. The van der Waals surface area contributed by atoms with E-state index in [0.29, 0.717) is 28.8 Å². The van der Waals surface area contributed by atoms with Crippen LogP contribution in [0, 0.1) is 17.2 Å². The largest absolute Gasteiger partial charge is 0.545 e. The third kappa shape index (κ3) is 3.09. The predicted octanol–water partition coefficient (Wildman–Crippen LogP) is 3.59. The zero-order chi connectivity index (χ0) is 19.0. The van der Waals surface area contributed by atoms with E-state index in [1.807, 2.05) is 36.4 Å². The van der Waals surface area contributed by atoms with Crippen molar-refractivity contribution in [3.05, 3.63) is 76.5 Å².